The summed E-state index contributed by atoms with van der Waals surface area (Å²) in [5, 5.41) is 4.32. The summed E-state index contributed by atoms with van der Waals surface area (Å²) in [5.41, 5.74) is 2.08. The highest BCUT2D eigenvalue weighted by Gasteiger charge is 2.14. The average molecular weight is 312 g/mol. The molecular formula is C16H16Cl2FN. The van der Waals surface area contributed by atoms with Gasteiger partial charge < -0.3 is 5.32 Å². The fourth-order valence-corrected chi connectivity index (χ4v) is 2.66. The van der Waals surface area contributed by atoms with E-state index in [1.165, 1.54) is 12.1 Å². The van der Waals surface area contributed by atoms with Crippen LogP contribution in [0.2, 0.25) is 10.0 Å². The quantitative estimate of drug-likeness (QED) is 0.845. The lowest BCUT2D eigenvalue weighted by Crippen LogP contribution is -2.19. The summed E-state index contributed by atoms with van der Waals surface area (Å²) in [6.07, 6.45) is 0.756. The lowest BCUT2D eigenvalue weighted by molar-refractivity contribution is 0.611. The van der Waals surface area contributed by atoms with E-state index < -0.39 is 0 Å². The molecule has 0 aromatic heterocycles. The third-order valence-corrected chi connectivity index (χ3v) is 4.15. The largest absolute Gasteiger partial charge is 0.319 e. The van der Waals surface area contributed by atoms with E-state index in [2.05, 4.69) is 5.32 Å². The van der Waals surface area contributed by atoms with Crippen molar-refractivity contribution in [1.82, 2.24) is 5.32 Å². The van der Waals surface area contributed by atoms with Gasteiger partial charge in [0.15, 0.2) is 0 Å². The summed E-state index contributed by atoms with van der Waals surface area (Å²) in [6, 6.07) is 12.2. The summed E-state index contributed by atoms with van der Waals surface area (Å²) >= 11 is 12.3. The molecule has 0 aliphatic carbocycles. The highest BCUT2D eigenvalue weighted by molar-refractivity contribution is 6.42. The molecule has 2 rings (SSSR count). The van der Waals surface area contributed by atoms with Crippen molar-refractivity contribution >= 4 is 23.2 Å². The second-order valence-electron chi connectivity index (χ2n) is 4.72. The number of rotatable bonds is 5. The van der Waals surface area contributed by atoms with Gasteiger partial charge in [-0.1, -0.05) is 47.5 Å². The molecule has 0 saturated heterocycles. The van der Waals surface area contributed by atoms with E-state index in [1.54, 1.807) is 6.07 Å². The minimum absolute atomic E-state index is 0.219. The van der Waals surface area contributed by atoms with Gasteiger partial charge in [-0.15, -0.1) is 0 Å². The van der Waals surface area contributed by atoms with Crippen molar-refractivity contribution in [2.45, 2.75) is 12.3 Å². The topological polar surface area (TPSA) is 12.0 Å². The van der Waals surface area contributed by atoms with Gasteiger partial charge in [-0.25, -0.2) is 4.39 Å². The van der Waals surface area contributed by atoms with Gasteiger partial charge in [-0.05, 0) is 42.8 Å². The van der Waals surface area contributed by atoms with Gasteiger partial charge in [0, 0.05) is 12.5 Å². The van der Waals surface area contributed by atoms with Crippen LogP contribution >= 0.6 is 23.2 Å². The van der Waals surface area contributed by atoms with Gasteiger partial charge in [0.05, 0.1) is 10.0 Å². The summed E-state index contributed by atoms with van der Waals surface area (Å²) in [5.74, 6) is -0.00527. The Morgan fingerprint density at radius 1 is 1.10 bits per heavy atom. The molecule has 1 N–H and O–H groups in total. The van der Waals surface area contributed by atoms with Gasteiger partial charge in [-0.3, -0.25) is 0 Å². The summed E-state index contributed by atoms with van der Waals surface area (Å²) < 4.78 is 13.0. The SMILES string of the molecule is CNCC(Cc1cccc(Cl)c1Cl)c1ccc(F)cc1. The normalized spacial score (nSPS) is 12.4. The van der Waals surface area contributed by atoms with Gasteiger partial charge in [0.1, 0.15) is 5.82 Å². The molecule has 0 fully saturated rings. The molecule has 0 heterocycles. The maximum Gasteiger partial charge on any atom is 0.123 e. The summed E-state index contributed by atoms with van der Waals surface area (Å²) in [4.78, 5) is 0. The zero-order chi connectivity index (χ0) is 14.5. The van der Waals surface area contributed by atoms with Crippen molar-refractivity contribution in [3.8, 4) is 0 Å². The number of hydrogen-bond donors (Lipinski definition) is 1. The second kappa shape index (κ2) is 7.07. The minimum atomic E-state index is -0.224. The Balaban J connectivity index is 2.25. The molecule has 2 aromatic rings. The molecule has 20 heavy (non-hydrogen) atoms. The minimum Gasteiger partial charge on any atom is -0.319 e. The van der Waals surface area contributed by atoms with Crippen molar-refractivity contribution in [3.63, 3.8) is 0 Å². The maximum absolute atomic E-state index is 13.0. The van der Waals surface area contributed by atoms with Crippen molar-refractivity contribution in [3.05, 3.63) is 69.5 Å². The van der Waals surface area contributed by atoms with Crippen LogP contribution in [-0.2, 0) is 6.42 Å². The fourth-order valence-electron chi connectivity index (χ4n) is 2.26. The summed E-state index contributed by atoms with van der Waals surface area (Å²) in [6.45, 7) is 0.786. The van der Waals surface area contributed by atoms with Crippen LogP contribution in [0.1, 0.15) is 17.0 Å². The van der Waals surface area contributed by atoms with Crippen LogP contribution in [0.15, 0.2) is 42.5 Å². The predicted octanol–water partition coefficient (Wildman–Crippen LogP) is 4.68. The van der Waals surface area contributed by atoms with E-state index in [0.717, 1.165) is 24.1 Å². The van der Waals surface area contributed by atoms with Gasteiger partial charge in [-0.2, -0.15) is 0 Å². The van der Waals surface area contributed by atoms with E-state index in [1.807, 2.05) is 31.3 Å². The average Bonchev–Trinajstić information content (AvgIpc) is 2.44. The number of likely N-dealkylation sites (N-methyl/N-ethyl adjacent to an activating group) is 1. The van der Waals surface area contributed by atoms with Crippen LogP contribution in [0.4, 0.5) is 4.39 Å². The van der Waals surface area contributed by atoms with E-state index in [4.69, 9.17) is 23.2 Å². The third-order valence-electron chi connectivity index (χ3n) is 3.29. The Hall–Kier alpha value is -1.09. The third kappa shape index (κ3) is 3.72. The van der Waals surface area contributed by atoms with Crippen LogP contribution in [-0.4, -0.2) is 13.6 Å². The van der Waals surface area contributed by atoms with Crippen LogP contribution in [0, 0.1) is 5.82 Å². The van der Waals surface area contributed by atoms with E-state index in [-0.39, 0.29) is 11.7 Å². The first-order valence-electron chi connectivity index (χ1n) is 6.44. The number of halogens is 3. The van der Waals surface area contributed by atoms with Gasteiger partial charge in [0.2, 0.25) is 0 Å². The van der Waals surface area contributed by atoms with Crippen molar-refractivity contribution in [2.75, 3.05) is 13.6 Å². The van der Waals surface area contributed by atoms with Crippen LogP contribution < -0.4 is 5.32 Å². The first-order chi connectivity index (χ1) is 9.61. The smallest absolute Gasteiger partial charge is 0.123 e. The molecule has 106 valence electrons. The second-order valence-corrected chi connectivity index (χ2v) is 5.51. The maximum atomic E-state index is 13.0. The zero-order valence-electron chi connectivity index (χ0n) is 11.2. The Bertz CT molecular complexity index is 569. The molecule has 1 unspecified atom stereocenters. The number of nitrogens with one attached hydrogen (secondary N) is 1. The highest BCUT2D eigenvalue weighted by Crippen LogP contribution is 2.30. The molecule has 0 aliphatic rings. The Labute approximate surface area is 128 Å². The molecule has 0 saturated carbocycles. The molecule has 0 bridgehead atoms. The molecule has 0 aliphatic heterocycles. The van der Waals surface area contributed by atoms with Crippen LogP contribution in [0.3, 0.4) is 0 Å². The van der Waals surface area contributed by atoms with Crippen molar-refractivity contribution < 1.29 is 4.39 Å². The monoisotopic (exact) mass is 311 g/mol. The molecular weight excluding hydrogens is 296 g/mol. The van der Waals surface area contributed by atoms with E-state index >= 15 is 0 Å². The van der Waals surface area contributed by atoms with E-state index in [0.29, 0.717) is 10.0 Å². The molecule has 0 spiro atoms. The molecule has 1 nitrogen and oxygen atoms in total. The molecule has 2 aromatic carbocycles. The molecule has 0 amide bonds. The Morgan fingerprint density at radius 3 is 2.45 bits per heavy atom. The number of benzene rings is 2. The van der Waals surface area contributed by atoms with Crippen LogP contribution in [0.25, 0.3) is 0 Å². The lowest BCUT2D eigenvalue weighted by atomic mass is 9.92. The molecule has 1 atom stereocenters. The Kier molecular flexibility index (Phi) is 5.41. The standard InChI is InChI=1S/C16H16Cl2FN/c1-20-10-13(11-5-7-14(19)8-6-11)9-12-3-2-4-15(17)16(12)18/h2-8,13,20H,9-10H2,1H3. The van der Waals surface area contributed by atoms with Crippen molar-refractivity contribution in [1.29, 1.82) is 0 Å². The molecule has 4 heteroatoms. The zero-order valence-corrected chi connectivity index (χ0v) is 12.7. The van der Waals surface area contributed by atoms with Gasteiger partial charge in [0.25, 0.3) is 0 Å². The lowest BCUT2D eigenvalue weighted by Gasteiger charge is -2.18. The fraction of sp³-hybridized carbons (Fsp3) is 0.250. The predicted molar refractivity (Wildman–Crippen MR) is 83.2 cm³/mol. The van der Waals surface area contributed by atoms with Gasteiger partial charge >= 0.3 is 0 Å². The first-order valence-corrected chi connectivity index (χ1v) is 7.20. The molecule has 0 radical (unpaired) electrons. The van der Waals surface area contributed by atoms with Crippen molar-refractivity contribution in [2.24, 2.45) is 0 Å². The number of hydrogen-bond acceptors (Lipinski definition) is 1. The summed E-state index contributed by atoms with van der Waals surface area (Å²) in [7, 11) is 1.90. The highest BCUT2D eigenvalue weighted by atomic mass is 35.5. The Morgan fingerprint density at radius 2 is 1.80 bits per heavy atom. The first kappa shape index (κ1) is 15.3. The van der Waals surface area contributed by atoms with E-state index in [9.17, 15) is 4.39 Å². The van der Waals surface area contributed by atoms with Crippen LogP contribution in [0.5, 0.6) is 0 Å².